The summed E-state index contributed by atoms with van der Waals surface area (Å²) in [5, 5.41) is 7.37. The highest BCUT2D eigenvalue weighted by Gasteiger charge is 2.03. The lowest BCUT2D eigenvalue weighted by Gasteiger charge is -2.12. The molecule has 0 saturated carbocycles. The Morgan fingerprint density at radius 2 is 2.05 bits per heavy atom. The quantitative estimate of drug-likeness (QED) is 0.829. The Morgan fingerprint density at radius 3 is 2.71 bits per heavy atom. The number of benzene rings is 2. The Labute approximate surface area is 135 Å². The lowest BCUT2D eigenvalue weighted by molar-refractivity contribution is 0.415. The van der Waals surface area contributed by atoms with Gasteiger partial charge in [-0.2, -0.15) is 0 Å². The van der Waals surface area contributed by atoms with Gasteiger partial charge in [0.05, 0.1) is 12.1 Å². The molecule has 0 amide bonds. The molecule has 0 aliphatic carbocycles. The third kappa shape index (κ3) is 4.62. The predicted octanol–water partition coefficient (Wildman–Crippen LogP) is 4.14. The van der Waals surface area contributed by atoms with Crippen LogP contribution in [0.1, 0.15) is 11.1 Å². The topological polar surface area (TPSA) is 33.3 Å². The molecule has 110 valence electrons. The normalized spacial score (nSPS) is 10.0. The zero-order chi connectivity index (χ0) is 15.2. The highest BCUT2D eigenvalue weighted by Crippen LogP contribution is 2.27. The van der Waals surface area contributed by atoms with E-state index in [1.807, 2.05) is 12.1 Å². The highest BCUT2D eigenvalue weighted by molar-refractivity contribution is 7.80. The van der Waals surface area contributed by atoms with Crippen molar-refractivity contribution in [2.24, 2.45) is 0 Å². The van der Waals surface area contributed by atoms with Crippen molar-refractivity contribution in [1.29, 1.82) is 0 Å². The Morgan fingerprint density at radius 1 is 1.24 bits per heavy atom. The SMILES string of the molecule is COc1ccc(NC(=S)NCc2cccc(C)c2)cc1Cl. The van der Waals surface area contributed by atoms with Gasteiger partial charge in [0, 0.05) is 12.2 Å². The van der Waals surface area contributed by atoms with Crippen LogP contribution in [-0.4, -0.2) is 12.2 Å². The number of anilines is 1. The van der Waals surface area contributed by atoms with Crippen LogP contribution in [0, 0.1) is 6.92 Å². The van der Waals surface area contributed by atoms with E-state index in [0.717, 1.165) is 5.69 Å². The second-order valence-corrected chi connectivity index (χ2v) is 5.46. The summed E-state index contributed by atoms with van der Waals surface area (Å²) in [7, 11) is 1.59. The summed E-state index contributed by atoms with van der Waals surface area (Å²) in [6, 6.07) is 13.7. The largest absolute Gasteiger partial charge is 0.495 e. The maximum atomic E-state index is 6.07. The van der Waals surface area contributed by atoms with Gasteiger partial charge in [0.2, 0.25) is 0 Å². The van der Waals surface area contributed by atoms with Crippen LogP contribution in [0.2, 0.25) is 5.02 Å². The van der Waals surface area contributed by atoms with Gasteiger partial charge < -0.3 is 15.4 Å². The number of hydrogen-bond acceptors (Lipinski definition) is 2. The molecule has 0 aromatic heterocycles. The average Bonchev–Trinajstić information content (AvgIpc) is 2.45. The number of methoxy groups -OCH3 is 1. The van der Waals surface area contributed by atoms with Crippen molar-refractivity contribution in [3.8, 4) is 5.75 Å². The van der Waals surface area contributed by atoms with E-state index >= 15 is 0 Å². The van der Waals surface area contributed by atoms with Crippen molar-refractivity contribution in [3.05, 3.63) is 58.6 Å². The number of ether oxygens (including phenoxy) is 1. The van der Waals surface area contributed by atoms with E-state index in [9.17, 15) is 0 Å². The van der Waals surface area contributed by atoms with E-state index in [2.05, 4.69) is 35.8 Å². The van der Waals surface area contributed by atoms with Crippen LogP contribution in [0.4, 0.5) is 5.69 Å². The van der Waals surface area contributed by atoms with Gasteiger partial charge in [-0.1, -0.05) is 41.4 Å². The zero-order valence-corrected chi connectivity index (χ0v) is 13.5. The van der Waals surface area contributed by atoms with Crippen LogP contribution in [0.3, 0.4) is 0 Å². The molecule has 2 aromatic rings. The van der Waals surface area contributed by atoms with Gasteiger partial charge >= 0.3 is 0 Å². The smallest absolute Gasteiger partial charge is 0.171 e. The van der Waals surface area contributed by atoms with E-state index in [4.69, 9.17) is 28.6 Å². The van der Waals surface area contributed by atoms with Crippen molar-refractivity contribution in [2.45, 2.75) is 13.5 Å². The molecule has 3 nitrogen and oxygen atoms in total. The van der Waals surface area contributed by atoms with Crippen LogP contribution in [0.5, 0.6) is 5.75 Å². The fourth-order valence-electron chi connectivity index (χ4n) is 1.92. The summed E-state index contributed by atoms with van der Waals surface area (Å²) in [6.07, 6.45) is 0. The molecule has 0 saturated heterocycles. The summed E-state index contributed by atoms with van der Waals surface area (Å²) in [4.78, 5) is 0. The molecule has 0 radical (unpaired) electrons. The molecule has 0 spiro atoms. The van der Waals surface area contributed by atoms with E-state index in [0.29, 0.717) is 22.4 Å². The maximum absolute atomic E-state index is 6.07. The molecular formula is C16H17ClN2OS. The lowest BCUT2D eigenvalue weighted by atomic mass is 10.1. The van der Waals surface area contributed by atoms with Gasteiger partial charge in [-0.3, -0.25) is 0 Å². The Hall–Kier alpha value is -1.78. The lowest BCUT2D eigenvalue weighted by Crippen LogP contribution is -2.27. The first-order valence-corrected chi connectivity index (χ1v) is 7.31. The van der Waals surface area contributed by atoms with Crippen molar-refractivity contribution >= 4 is 34.6 Å². The molecule has 0 bridgehead atoms. The first kappa shape index (κ1) is 15.6. The van der Waals surface area contributed by atoms with Gasteiger partial charge in [0.15, 0.2) is 5.11 Å². The average molecular weight is 321 g/mol. The van der Waals surface area contributed by atoms with Crippen LogP contribution in [0.15, 0.2) is 42.5 Å². The maximum Gasteiger partial charge on any atom is 0.171 e. The first-order chi connectivity index (χ1) is 10.1. The molecule has 2 rings (SSSR count). The fourth-order valence-corrected chi connectivity index (χ4v) is 2.37. The Balaban J connectivity index is 1.91. The van der Waals surface area contributed by atoms with Crippen LogP contribution < -0.4 is 15.4 Å². The molecule has 2 N–H and O–H groups in total. The van der Waals surface area contributed by atoms with E-state index < -0.39 is 0 Å². The standard InChI is InChI=1S/C16H17ClN2OS/c1-11-4-3-5-12(8-11)10-18-16(21)19-13-6-7-15(20-2)14(17)9-13/h3-9H,10H2,1-2H3,(H2,18,19,21). The van der Waals surface area contributed by atoms with Gasteiger partial charge in [0.25, 0.3) is 0 Å². The van der Waals surface area contributed by atoms with E-state index in [1.54, 1.807) is 19.2 Å². The van der Waals surface area contributed by atoms with Crippen molar-refractivity contribution in [1.82, 2.24) is 5.32 Å². The fraction of sp³-hybridized carbons (Fsp3) is 0.188. The summed E-state index contributed by atoms with van der Waals surface area (Å²) < 4.78 is 5.11. The summed E-state index contributed by atoms with van der Waals surface area (Å²) in [5.74, 6) is 0.640. The number of aryl methyl sites for hydroxylation is 1. The van der Waals surface area contributed by atoms with Gasteiger partial charge in [-0.15, -0.1) is 0 Å². The zero-order valence-electron chi connectivity index (χ0n) is 11.9. The minimum absolute atomic E-state index is 0.545. The summed E-state index contributed by atoms with van der Waals surface area (Å²) in [5.41, 5.74) is 3.24. The molecule has 0 unspecified atom stereocenters. The van der Waals surface area contributed by atoms with Crippen molar-refractivity contribution < 1.29 is 4.74 Å². The molecule has 0 aliphatic rings. The van der Waals surface area contributed by atoms with Crippen LogP contribution in [-0.2, 0) is 6.54 Å². The van der Waals surface area contributed by atoms with Crippen molar-refractivity contribution in [2.75, 3.05) is 12.4 Å². The van der Waals surface area contributed by atoms with Gasteiger partial charge in [-0.05, 0) is 42.9 Å². The second-order valence-electron chi connectivity index (χ2n) is 4.65. The Bertz CT molecular complexity index is 646. The molecule has 0 heterocycles. The van der Waals surface area contributed by atoms with Gasteiger partial charge in [-0.25, -0.2) is 0 Å². The van der Waals surface area contributed by atoms with Crippen molar-refractivity contribution in [3.63, 3.8) is 0 Å². The number of rotatable bonds is 4. The van der Waals surface area contributed by atoms with E-state index in [1.165, 1.54) is 11.1 Å². The number of nitrogens with one attached hydrogen (secondary N) is 2. The monoisotopic (exact) mass is 320 g/mol. The minimum atomic E-state index is 0.545. The Kier molecular flexibility index (Phi) is 5.42. The summed E-state index contributed by atoms with van der Waals surface area (Å²) in [6.45, 7) is 2.75. The van der Waals surface area contributed by atoms with Gasteiger partial charge in [0.1, 0.15) is 5.75 Å². The number of halogens is 1. The molecule has 0 fully saturated rings. The minimum Gasteiger partial charge on any atom is -0.495 e. The van der Waals surface area contributed by atoms with Crippen LogP contribution in [0.25, 0.3) is 0 Å². The molecular weight excluding hydrogens is 304 g/mol. The number of hydrogen-bond donors (Lipinski definition) is 2. The summed E-state index contributed by atoms with van der Waals surface area (Å²) >= 11 is 11.4. The second kappa shape index (κ2) is 7.29. The molecule has 21 heavy (non-hydrogen) atoms. The third-order valence-electron chi connectivity index (χ3n) is 2.95. The molecule has 0 atom stereocenters. The highest BCUT2D eigenvalue weighted by atomic mass is 35.5. The number of thiocarbonyl (C=S) groups is 1. The molecule has 5 heteroatoms. The molecule has 2 aromatic carbocycles. The van der Waals surface area contributed by atoms with Crippen LogP contribution >= 0.6 is 23.8 Å². The first-order valence-electron chi connectivity index (χ1n) is 6.52. The molecule has 0 aliphatic heterocycles. The van der Waals surface area contributed by atoms with E-state index in [-0.39, 0.29) is 0 Å². The third-order valence-corrected chi connectivity index (χ3v) is 3.49. The predicted molar refractivity (Wildman–Crippen MR) is 92.2 cm³/mol.